The van der Waals surface area contributed by atoms with Crippen LogP contribution in [0.2, 0.25) is 0 Å². The van der Waals surface area contributed by atoms with Crippen molar-refractivity contribution in [1.29, 1.82) is 0 Å². The molecule has 78 valence electrons. The predicted octanol–water partition coefficient (Wildman–Crippen LogP) is 2.36. The van der Waals surface area contributed by atoms with Crippen molar-refractivity contribution in [3.63, 3.8) is 0 Å². The van der Waals surface area contributed by atoms with Crippen LogP contribution >= 0.6 is 11.8 Å². The van der Waals surface area contributed by atoms with Crippen molar-refractivity contribution >= 4 is 11.8 Å². The Morgan fingerprint density at radius 1 is 1.43 bits per heavy atom. The third kappa shape index (κ3) is 4.53. The van der Waals surface area contributed by atoms with Gasteiger partial charge in [0, 0.05) is 17.0 Å². The molecule has 0 radical (unpaired) electrons. The minimum Gasteiger partial charge on any atom is -0.508 e. The SMILES string of the molecule is CC(C)(N)CSCc1cccc(O)c1. The first-order valence-corrected chi connectivity index (χ1v) is 5.77. The Balaban J connectivity index is 2.39. The summed E-state index contributed by atoms with van der Waals surface area (Å²) in [4.78, 5) is 0. The second kappa shape index (κ2) is 4.71. The third-order valence-corrected chi connectivity index (χ3v) is 3.14. The summed E-state index contributed by atoms with van der Waals surface area (Å²) < 4.78 is 0. The van der Waals surface area contributed by atoms with E-state index >= 15 is 0 Å². The molecule has 0 saturated carbocycles. The second-order valence-corrected chi connectivity index (χ2v) is 5.14. The van der Waals surface area contributed by atoms with Crippen molar-refractivity contribution in [1.82, 2.24) is 0 Å². The molecular formula is C11H17NOS. The van der Waals surface area contributed by atoms with E-state index in [1.54, 1.807) is 23.9 Å². The standard InChI is InChI=1S/C11H17NOS/c1-11(2,12)8-14-7-9-4-3-5-10(13)6-9/h3-6,13H,7-8,12H2,1-2H3. The van der Waals surface area contributed by atoms with Crippen LogP contribution in [0.25, 0.3) is 0 Å². The Bertz CT molecular complexity index is 294. The smallest absolute Gasteiger partial charge is 0.115 e. The van der Waals surface area contributed by atoms with Crippen LogP contribution in [0.15, 0.2) is 24.3 Å². The zero-order valence-electron chi connectivity index (χ0n) is 8.66. The summed E-state index contributed by atoms with van der Waals surface area (Å²) in [5.41, 5.74) is 6.87. The van der Waals surface area contributed by atoms with E-state index in [0.717, 1.165) is 17.1 Å². The Labute approximate surface area is 89.5 Å². The third-order valence-electron chi connectivity index (χ3n) is 1.65. The molecule has 0 atom stereocenters. The van der Waals surface area contributed by atoms with Crippen LogP contribution in [0.4, 0.5) is 0 Å². The Kier molecular flexibility index (Phi) is 3.84. The molecule has 0 saturated heterocycles. The first-order valence-electron chi connectivity index (χ1n) is 4.62. The minimum atomic E-state index is -0.124. The fraction of sp³-hybridized carbons (Fsp3) is 0.455. The molecule has 0 heterocycles. The lowest BCUT2D eigenvalue weighted by atomic mass is 10.1. The average molecular weight is 211 g/mol. The zero-order chi connectivity index (χ0) is 10.6. The van der Waals surface area contributed by atoms with Gasteiger partial charge in [-0.2, -0.15) is 11.8 Å². The van der Waals surface area contributed by atoms with E-state index < -0.39 is 0 Å². The molecule has 0 aliphatic rings. The lowest BCUT2D eigenvalue weighted by Gasteiger charge is -2.17. The molecular weight excluding hydrogens is 194 g/mol. The summed E-state index contributed by atoms with van der Waals surface area (Å²) in [5, 5.41) is 9.24. The van der Waals surface area contributed by atoms with Crippen molar-refractivity contribution in [3.05, 3.63) is 29.8 Å². The van der Waals surface area contributed by atoms with E-state index in [4.69, 9.17) is 5.73 Å². The van der Waals surface area contributed by atoms with E-state index in [-0.39, 0.29) is 5.54 Å². The van der Waals surface area contributed by atoms with Crippen LogP contribution in [0, 0.1) is 0 Å². The molecule has 0 aromatic heterocycles. The van der Waals surface area contributed by atoms with Gasteiger partial charge in [0.05, 0.1) is 0 Å². The Morgan fingerprint density at radius 3 is 2.71 bits per heavy atom. The number of benzene rings is 1. The summed E-state index contributed by atoms with van der Waals surface area (Å²) in [6.07, 6.45) is 0. The average Bonchev–Trinajstić information content (AvgIpc) is 2.01. The number of nitrogens with two attached hydrogens (primary N) is 1. The molecule has 3 N–H and O–H groups in total. The van der Waals surface area contributed by atoms with E-state index in [2.05, 4.69) is 0 Å². The fourth-order valence-electron chi connectivity index (χ4n) is 1.08. The molecule has 3 heteroatoms. The Hall–Kier alpha value is -0.670. The number of hydrogen-bond donors (Lipinski definition) is 2. The van der Waals surface area contributed by atoms with E-state index in [1.807, 2.05) is 26.0 Å². The summed E-state index contributed by atoms with van der Waals surface area (Å²) in [5.74, 6) is 2.15. The van der Waals surface area contributed by atoms with Gasteiger partial charge >= 0.3 is 0 Å². The molecule has 0 unspecified atom stereocenters. The highest BCUT2D eigenvalue weighted by Crippen LogP contribution is 2.19. The maximum atomic E-state index is 9.24. The van der Waals surface area contributed by atoms with Crippen LogP contribution in [0.3, 0.4) is 0 Å². The normalized spacial score (nSPS) is 11.6. The quantitative estimate of drug-likeness (QED) is 0.803. The Morgan fingerprint density at radius 2 is 2.14 bits per heavy atom. The number of thioether (sulfide) groups is 1. The van der Waals surface area contributed by atoms with Gasteiger partial charge in [0.25, 0.3) is 0 Å². The summed E-state index contributed by atoms with van der Waals surface area (Å²) in [6, 6.07) is 7.34. The topological polar surface area (TPSA) is 46.2 Å². The van der Waals surface area contributed by atoms with Crippen LogP contribution in [-0.4, -0.2) is 16.4 Å². The van der Waals surface area contributed by atoms with Gasteiger partial charge in [-0.25, -0.2) is 0 Å². The summed E-state index contributed by atoms with van der Waals surface area (Å²) >= 11 is 1.79. The molecule has 0 bridgehead atoms. The largest absolute Gasteiger partial charge is 0.508 e. The highest BCUT2D eigenvalue weighted by atomic mass is 32.2. The van der Waals surface area contributed by atoms with Crippen molar-refractivity contribution in [2.24, 2.45) is 5.73 Å². The van der Waals surface area contributed by atoms with Gasteiger partial charge in [0.2, 0.25) is 0 Å². The van der Waals surface area contributed by atoms with Gasteiger partial charge in [-0.05, 0) is 31.5 Å². The number of rotatable bonds is 4. The van der Waals surface area contributed by atoms with Crippen LogP contribution in [-0.2, 0) is 5.75 Å². The van der Waals surface area contributed by atoms with E-state index in [0.29, 0.717) is 5.75 Å². The van der Waals surface area contributed by atoms with Crippen LogP contribution < -0.4 is 5.73 Å². The van der Waals surface area contributed by atoms with Crippen molar-refractivity contribution in [2.45, 2.75) is 25.1 Å². The van der Waals surface area contributed by atoms with Gasteiger partial charge in [-0.1, -0.05) is 12.1 Å². The molecule has 2 nitrogen and oxygen atoms in total. The number of phenolic OH excluding ortho intramolecular Hbond substituents is 1. The monoisotopic (exact) mass is 211 g/mol. The predicted molar refractivity (Wildman–Crippen MR) is 62.5 cm³/mol. The maximum Gasteiger partial charge on any atom is 0.115 e. The zero-order valence-corrected chi connectivity index (χ0v) is 9.47. The minimum absolute atomic E-state index is 0.124. The van der Waals surface area contributed by atoms with Gasteiger partial charge in [0.1, 0.15) is 5.75 Å². The molecule has 0 aliphatic carbocycles. The van der Waals surface area contributed by atoms with E-state index in [9.17, 15) is 5.11 Å². The lowest BCUT2D eigenvalue weighted by molar-refractivity contribution is 0.475. The van der Waals surface area contributed by atoms with Crippen molar-refractivity contribution in [2.75, 3.05) is 5.75 Å². The lowest BCUT2D eigenvalue weighted by Crippen LogP contribution is -2.34. The first kappa shape index (κ1) is 11.4. The molecule has 1 aromatic rings. The fourth-order valence-corrected chi connectivity index (χ4v) is 2.12. The molecule has 1 rings (SSSR count). The van der Waals surface area contributed by atoms with Crippen LogP contribution in [0.5, 0.6) is 5.75 Å². The first-order chi connectivity index (χ1) is 6.47. The van der Waals surface area contributed by atoms with Gasteiger partial charge in [-0.15, -0.1) is 0 Å². The van der Waals surface area contributed by atoms with E-state index in [1.165, 1.54) is 0 Å². The van der Waals surface area contributed by atoms with Crippen molar-refractivity contribution in [3.8, 4) is 5.75 Å². The van der Waals surface area contributed by atoms with Crippen molar-refractivity contribution < 1.29 is 5.11 Å². The van der Waals surface area contributed by atoms with Gasteiger partial charge in [0.15, 0.2) is 0 Å². The van der Waals surface area contributed by atoms with Crippen LogP contribution in [0.1, 0.15) is 19.4 Å². The van der Waals surface area contributed by atoms with Gasteiger partial charge < -0.3 is 10.8 Å². The molecule has 14 heavy (non-hydrogen) atoms. The molecule has 0 spiro atoms. The molecule has 0 fully saturated rings. The second-order valence-electron chi connectivity index (χ2n) is 4.15. The molecule has 0 aliphatic heterocycles. The highest BCUT2D eigenvalue weighted by Gasteiger charge is 2.09. The highest BCUT2D eigenvalue weighted by molar-refractivity contribution is 7.98. The summed E-state index contributed by atoms with van der Waals surface area (Å²) in [6.45, 7) is 4.03. The number of aromatic hydroxyl groups is 1. The summed E-state index contributed by atoms with van der Waals surface area (Å²) in [7, 11) is 0. The number of hydrogen-bond acceptors (Lipinski definition) is 3. The van der Waals surface area contributed by atoms with Gasteiger partial charge in [-0.3, -0.25) is 0 Å². The molecule has 0 amide bonds. The maximum absolute atomic E-state index is 9.24. The number of phenols is 1. The molecule has 1 aromatic carbocycles.